The van der Waals surface area contributed by atoms with Crippen molar-refractivity contribution in [3.63, 3.8) is 0 Å². The van der Waals surface area contributed by atoms with E-state index in [9.17, 15) is 15.0 Å². The summed E-state index contributed by atoms with van der Waals surface area (Å²) in [6, 6.07) is -0.660. The minimum atomic E-state index is -0.883. The Morgan fingerprint density at radius 3 is 1.09 bits per heavy atom. The Balaban J connectivity index is 3.69. The fraction of sp³-hybridized carbons (Fsp3) is 0.550. The Labute approximate surface area is 395 Å². The first-order chi connectivity index (χ1) is 31.7. The molecule has 0 aromatic carbocycles. The molecular weight excluding hydrogens is 783 g/mol. The molecule has 0 aromatic rings. The summed E-state index contributed by atoms with van der Waals surface area (Å²) in [4.78, 5) is 12.4. The van der Waals surface area contributed by atoms with Crippen LogP contribution in [0.1, 0.15) is 194 Å². The molecule has 0 aliphatic carbocycles. The van der Waals surface area contributed by atoms with Crippen LogP contribution in [0.3, 0.4) is 0 Å². The van der Waals surface area contributed by atoms with Gasteiger partial charge in [0.05, 0.1) is 18.8 Å². The maximum absolute atomic E-state index is 12.4. The van der Waals surface area contributed by atoms with Gasteiger partial charge in [-0.1, -0.05) is 223 Å². The molecular formula is C60H95NO3. The minimum absolute atomic E-state index is 0.0958. The number of carbonyl (C=O) groups excluding carboxylic acids is 1. The fourth-order valence-electron chi connectivity index (χ4n) is 6.59. The predicted molar refractivity (Wildman–Crippen MR) is 284 cm³/mol. The maximum Gasteiger partial charge on any atom is 0.220 e. The standard InChI is InChI=1S/C60H95NO3/c1-3-5-7-9-11-13-15-17-18-19-20-21-22-23-24-25-26-27-28-29-30-31-32-33-34-35-36-37-38-39-40-41-42-44-46-48-50-52-54-56-60(64)61-58(57-62)59(63)55-53-51-49-47-45-43-16-14-12-10-8-6-4-2/h5,7,11-14,17-18,20-21,23-24,26-27,29-30,32-33,35-36,38-39,45,47,53,55,58-59,62-63H,3-4,6,8-10,15-16,19,22,25,28,31,34,37,40-44,46,48-52,54,56-57H2,1-2H3,(H,61,64)/b7-5-,13-11-,14-12+,18-17-,21-20-,24-23-,27-26-,30-29-,33-32-,36-35-,39-38-,47-45+,55-53+. The zero-order chi connectivity index (χ0) is 46.3. The van der Waals surface area contributed by atoms with Gasteiger partial charge in [0.15, 0.2) is 0 Å². The van der Waals surface area contributed by atoms with Crippen LogP contribution in [0.5, 0.6) is 0 Å². The van der Waals surface area contributed by atoms with E-state index in [1.807, 2.05) is 6.08 Å². The molecule has 0 aliphatic rings. The van der Waals surface area contributed by atoms with Gasteiger partial charge in [0, 0.05) is 6.42 Å². The molecule has 4 nitrogen and oxygen atoms in total. The van der Waals surface area contributed by atoms with Crippen molar-refractivity contribution < 1.29 is 15.0 Å². The van der Waals surface area contributed by atoms with Gasteiger partial charge in [-0.25, -0.2) is 0 Å². The van der Waals surface area contributed by atoms with Gasteiger partial charge in [-0.05, 0) is 122 Å². The maximum atomic E-state index is 12.4. The highest BCUT2D eigenvalue weighted by atomic mass is 16.3. The van der Waals surface area contributed by atoms with E-state index in [1.165, 1.54) is 57.8 Å². The summed E-state index contributed by atoms with van der Waals surface area (Å²) < 4.78 is 0. The fourth-order valence-corrected chi connectivity index (χ4v) is 6.59. The lowest BCUT2D eigenvalue weighted by molar-refractivity contribution is -0.123. The van der Waals surface area contributed by atoms with Crippen LogP contribution in [-0.4, -0.2) is 34.9 Å². The monoisotopic (exact) mass is 878 g/mol. The first-order valence-corrected chi connectivity index (χ1v) is 25.7. The van der Waals surface area contributed by atoms with Gasteiger partial charge in [0.2, 0.25) is 5.91 Å². The average molecular weight is 878 g/mol. The summed E-state index contributed by atoms with van der Waals surface area (Å²) in [7, 11) is 0. The number of aliphatic hydroxyl groups is 2. The second-order valence-electron chi connectivity index (χ2n) is 16.5. The Kier molecular flexibility index (Phi) is 50.0. The zero-order valence-corrected chi connectivity index (χ0v) is 41.0. The molecule has 0 aliphatic heterocycles. The topological polar surface area (TPSA) is 69.6 Å². The number of hydrogen-bond acceptors (Lipinski definition) is 3. The zero-order valence-electron chi connectivity index (χ0n) is 41.0. The van der Waals surface area contributed by atoms with Gasteiger partial charge >= 0.3 is 0 Å². The molecule has 0 aromatic heterocycles. The quantitative estimate of drug-likeness (QED) is 0.0422. The minimum Gasteiger partial charge on any atom is -0.394 e. The second kappa shape index (κ2) is 53.3. The number of amides is 1. The molecule has 64 heavy (non-hydrogen) atoms. The van der Waals surface area contributed by atoms with E-state index in [1.54, 1.807) is 6.08 Å². The van der Waals surface area contributed by atoms with Crippen molar-refractivity contribution in [2.45, 2.75) is 206 Å². The number of hydrogen-bond donors (Lipinski definition) is 3. The molecule has 1 amide bonds. The van der Waals surface area contributed by atoms with E-state index in [2.05, 4.69) is 165 Å². The summed E-state index contributed by atoms with van der Waals surface area (Å²) in [5.41, 5.74) is 0. The molecule has 4 heteroatoms. The molecule has 0 saturated heterocycles. The van der Waals surface area contributed by atoms with Crippen LogP contribution in [0.2, 0.25) is 0 Å². The summed E-state index contributed by atoms with van der Waals surface area (Å²) in [6.07, 6.45) is 86.6. The van der Waals surface area contributed by atoms with Crippen LogP contribution in [-0.2, 0) is 4.79 Å². The lowest BCUT2D eigenvalue weighted by atomic mass is 10.1. The van der Waals surface area contributed by atoms with Gasteiger partial charge in [-0.15, -0.1) is 0 Å². The SMILES string of the molecule is CC/C=C\C/C=C\C/C=C\C/C=C\C/C=C\C/C=C\C/C=C\C/C=C\C/C=C\C/C=C\CCCCCCCCCCC(=O)NC(CO)C(O)/C=C/CC/C=C/CC/C=C/CCCCC. The van der Waals surface area contributed by atoms with E-state index in [0.717, 1.165) is 116 Å². The van der Waals surface area contributed by atoms with Gasteiger partial charge in [-0.2, -0.15) is 0 Å². The highest BCUT2D eigenvalue weighted by Crippen LogP contribution is 2.12. The number of allylic oxidation sites excluding steroid dienone is 25. The lowest BCUT2D eigenvalue weighted by Gasteiger charge is -2.19. The van der Waals surface area contributed by atoms with E-state index in [-0.39, 0.29) is 12.5 Å². The van der Waals surface area contributed by atoms with Crippen LogP contribution >= 0.6 is 0 Å². The molecule has 0 heterocycles. The van der Waals surface area contributed by atoms with Crippen LogP contribution in [0, 0.1) is 0 Å². The van der Waals surface area contributed by atoms with E-state index >= 15 is 0 Å². The molecule has 0 saturated carbocycles. The van der Waals surface area contributed by atoms with Gasteiger partial charge < -0.3 is 15.5 Å². The van der Waals surface area contributed by atoms with Crippen LogP contribution in [0.25, 0.3) is 0 Å². The Hall–Kier alpha value is -3.99. The van der Waals surface area contributed by atoms with Crippen molar-refractivity contribution in [1.82, 2.24) is 5.32 Å². The predicted octanol–water partition coefficient (Wildman–Crippen LogP) is 17.0. The number of nitrogens with one attached hydrogen (secondary N) is 1. The second-order valence-corrected chi connectivity index (χ2v) is 16.5. The number of unbranched alkanes of at least 4 members (excludes halogenated alkanes) is 13. The van der Waals surface area contributed by atoms with Crippen molar-refractivity contribution in [2.75, 3.05) is 6.61 Å². The van der Waals surface area contributed by atoms with Crippen LogP contribution in [0.15, 0.2) is 158 Å². The highest BCUT2D eigenvalue weighted by molar-refractivity contribution is 5.76. The Bertz CT molecular complexity index is 1410. The molecule has 0 rings (SSSR count). The number of aliphatic hydroxyl groups excluding tert-OH is 2. The third kappa shape index (κ3) is 49.0. The highest BCUT2D eigenvalue weighted by Gasteiger charge is 2.17. The van der Waals surface area contributed by atoms with Gasteiger partial charge in [0.25, 0.3) is 0 Å². The summed E-state index contributed by atoms with van der Waals surface area (Å²) >= 11 is 0. The molecule has 0 bridgehead atoms. The molecule has 0 radical (unpaired) electrons. The molecule has 3 N–H and O–H groups in total. The summed E-state index contributed by atoms with van der Waals surface area (Å²) in [5.74, 6) is -0.0958. The van der Waals surface area contributed by atoms with Crippen LogP contribution < -0.4 is 5.32 Å². The number of carbonyl (C=O) groups is 1. The number of rotatable bonds is 44. The molecule has 2 unspecified atom stereocenters. The molecule has 358 valence electrons. The first-order valence-electron chi connectivity index (χ1n) is 25.7. The first kappa shape index (κ1) is 60.0. The third-order valence-electron chi connectivity index (χ3n) is 10.5. The molecule has 0 fully saturated rings. The van der Waals surface area contributed by atoms with Crippen molar-refractivity contribution in [3.05, 3.63) is 158 Å². The van der Waals surface area contributed by atoms with Crippen molar-refractivity contribution in [2.24, 2.45) is 0 Å². The van der Waals surface area contributed by atoms with E-state index < -0.39 is 12.1 Å². The molecule has 0 spiro atoms. The molecule has 2 atom stereocenters. The van der Waals surface area contributed by atoms with E-state index in [4.69, 9.17) is 0 Å². The van der Waals surface area contributed by atoms with Gasteiger partial charge in [-0.3, -0.25) is 4.79 Å². The lowest BCUT2D eigenvalue weighted by Crippen LogP contribution is -2.45. The Morgan fingerprint density at radius 2 is 0.703 bits per heavy atom. The largest absolute Gasteiger partial charge is 0.394 e. The van der Waals surface area contributed by atoms with Gasteiger partial charge in [0.1, 0.15) is 0 Å². The van der Waals surface area contributed by atoms with E-state index in [0.29, 0.717) is 6.42 Å². The summed E-state index contributed by atoms with van der Waals surface area (Å²) in [6.45, 7) is 4.12. The normalized spacial score (nSPS) is 14.2. The smallest absolute Gasteiger partial charge is 0.220 e. The summed E-state index contributed by atoms with van der Waals surface area (Å²) in [5, 5.41) is 23.0. The third-order valence-corrected chi connectivity index (χ3v) is 10.5. The Morgan fingerprint density at radius 1 is 0.391 bits per heavy atom. The van der Waals surface area contributed by atoms with Crippen molar-refractivity contribution >= 4 is 5.91 Å². The van der Waals surface area contributed by atoms with Crippen molar-refractivity contribution in [3.8, 4) is 0 Å². The average Bonchev–Trinajstić information content (AvgIpc) is 3.30. The van der Waals surface area contributed by atoms with Crippen molar-refractivity contribution in [1.29, 1.82) is 0 Å². The van der Waals surface area contributed by atoms with Crippen LogP contribution in [0.4, 0.5) is 0 Å².